The maximum absolute atomic E-state index is 13.0. The Morgan fingerprint density at radius 1 is 1.14 bits per heavy atom. The molecule has 2 aliphatic heterocycles. The molecule has 196 valence electrons. The highest BCUT2D eigenvalue weighted by Gasteiger charge is 2.51. The van der Waals surface area contributed by atoms with Gasteiger partial charge in [-0.1, -0.05) is 13.0 Å². The zero-order valence-corrected chi connectivity index (χ0v) is 20.3. The molecule has 0 spiro atoms. The SMILES string of the molecule is CC(CCNC(=O)c1ccc(OC(F)F)cc1)CC(=O)N1CCC2C1C(=O)CN2C(=O)c1ccccn1. The summed E-state index contributed by atoms with van der Waals surface area (Å²) in [5, 5.41) is 2.75. The Bertz CT molecular complexity index is 1150. The van der Waals surface area contributed by atoms with Gasteiger partial charge in [0.2, 0.25) is 5.91 Å². The van der Waals surface area contributed by atoms with E-state index in [1.54, 1.807) is 23.1 Å². The van der Waals surface area contributed by atoms with E-state index in [0.717, 1.165) is 0 Å². The summed E-state index contributed by atoms with van der Waals surface area (Å²) in [4.78, 5) is 58.1. The van der Waals surface area contributed by atoms with E-state index >= 15 is 0 Å². The molecule has 11 heteroatoms. The number of nitrogens with one attached hydrogen (secondary N) is 1. The number of ether oxygens (including phenoxy) is 1. The predicted molar refractivity (Wildman–Crippen MR) is 128 cm³/mol. The fourth-order valence-electron chi connectivity index (χ4n) is 4.85. The molecule has 3 atom stereocenters. The topological polar surface area (TPSA) is 109 Å². The van der Waals surface area contributed by atoms with Gasteiger partial charge in [0, 0.05) is 31.3 Å². The van der Waals surface area contributed by atoms with E-state index in [2.05, 4.69) is 15.0 Å². The molecule has 0 saturated carbocycles. The van der Waals surface area contributed by atoms with Crippen molar-refractivity contribution < 1.29 is 32.7 Å². The van der Waals surface area contributed by atoms with Crippen LogP contribution in [0.25, 0.3) is 0 Å². The van der Waals surface area contributed by atoms with Crippen LogP contribution in [0.4, 0.5) is 8.78 Å². The first-order chi connectivity index (χ1) is 17.7. The minimum absolute atomic E-state index is 0.0344. The molecule has 37 heavy (non-hydrogen) atoms. The van der Waals surface area contributed by atoms with Gasteiger partial charge in [-0.25, -0.2) is 0 Å². The summed E-state index contributed by atoms with van der Waals surface area (Å²) in [5.74, 6) is -1.06. The maximum Gasteiger partial charge on any atom is 0.387 e. The largest absolute Gasteiger partial charge is 0.435 e. The Morgan fingerprint density at radius 2 is 1.89 bits per heavy atom. The number of carbonyl (C=O) groups is 4. The van der Waals surface area contributed by atoms with Crippen molar-refractivity contribution in [1.29, 1.82) is 0 Å². The highest BCUT2D eigenvalue weighted by Crippen LogP contribution is 2.31. The maximum atomic E-state index is 13.0. The smallest absolute Gasteiger partial charge is 0.387 e. The molecule has 1 aromatic carbocycles. The highest BCUT2D eigenvalue weighted by atomic mass is 19.3. The lowest BCUT2D eigenvalue weighted by Crippen LogP contribution is -2.44. The molecule has 3 unspecified atom stereocenters. The molecular weight excluding hydrogens is 486 g/mol. The van der Waals surface area contributed by atoms with E-state index in [4.69, 9.17) is 0 Å². The van der Waals surface area contributed by atoms with E-state index in [1.165, 1.54) is 35.4 Å². The molecule has 1 aromatic heterocycles. The molecular formula is C26H28F2N4O5. The van der Waals surface area contributed by atoms with Gasteiger partial charge in [0.15, 0.2) is 5.78 Å². The molecule has 0 bridgehead atoms. The van der Waals surface area contributed by atoms with Crippen LogP contribution in [0.2, 0.25) is 0 Å². The molecule has 2 fully saturated rings. The molecule has 1 N–H and O–H groups in total. The van der Waals surface area contributed by atoms with E-state index in [-0.39, 0.29) is 59.9 Å². The van der Waals surface area contributed by atoms with Crippen LogP contribution in [0.5, 0.6) is 5.75 Å². The number of ketones is 1. The second-order valence-electron chi connectivity index (χ2n) is 9.26. The van der Waals surface area contributed by atoms with E-state index in [1.807, 2.05) is 6.92 Å². The first-order valence-corrected chi connectivity index (χ1v) is 12.1. The van der Waals surface area contributed by atoms with Crippen LogP contribution in [-0.4, -0.2) is 76.6 Å². The number of hydrogen-bond acceptors (Lipinski definition) is 6. The summed E-state index contributed by atoms with van der Waals surface area (Å²) in [6.45, 7) is -0.358. The zero-order chi connectivity index (χ0) is 26.5. The summed E-state index contributed by atoms with van der Waals surface area (Å²) < 4.78 is 28.8. The van der Waals surface area contributed by atoms with Gasteiger partial charge in [0.1, 0.15) is 17.5 Å². The molecule has 2 aliphatic rings. The first kappa shape index (κ1) is 26.2. The molecule has 3 amide bonds. The van der Waals surface area contributed by atoms with Crippen molar-refractivity contribution in [3.05, 3.63) is 59.9 Å². The number of carbonyl (C=O) groups excluding carboxylic acids is 4. The standard InChI is InChI=1S/C26H28F2N4O5/c1-16(9-12-30-24(35)17-5-7-18(8-6-17)37-26(27)28)14-22(34)31-13-10-20-23(31)21(33)15-32(20)25(36)19-4-2-3-11-29-19/h2-8,11,16,20,23,26H,9-10,12-15H2,1H3,(H,30,35). The van der Waals surface area contributed by atoms with Crippen molar-refractivity contribution in [3.63, 3.8) is 0 Å². The van der Waals surface area contributed by atoms with E-state index in [0.29, 0.717) is 31.5 Å². The molecule has 9 nitrogen and oxygen atoms in total. The van der Waals surface area contributed by atoms with Gasteiger partial charge in [-0.2, -0.15) is 8.78 Å². The average Bonchev–Trinajstić information content (AvgIpc) is 3.45. The van der Waals surface area contributed by atoms with Crippen LogP contribution in [0.1, 0.15) is 47.0 Å². The number of nitrogens with zero attached hydrogens (tertiary/aromatic N) is 3. The number of rotatable bonds is 9. The van der Waals surface area contributed by atoms with Gasteiger partial charge >= 0.3 is 6.61 Å². The van der Waals surface area contributed by atoms with Crippen molar-refractivity contribution >= 4 is 23.5 Å². The average molecular weight is 515 g/mol. The van der Waals surface area contributed by atoms with Crippen LogP contribution in [0, 0.1) is 5.92 Å². The normalized spacial score (nSPS) is 19.6. The second-order valence-corrected chi connectivity index (χ2v) is 9.26. The fraction of sp³-hybridized carbons (Fsp3) is 0.423. The van der Waals surface area contributed by atoms with Crippen LogP contribution in [-0.2, 0) is 9.59 Å². The number of hydrogen-bond donors (Lipinski definition) is 1. The first-order valence-electron chi connectivity index (χ1n) is 12.1. The predicted octanol–water partition coefficient (Wildman–Crippen LogP) is 2.52. The molecule has 0 aliphatic carbocycles. The number of likely N-dealkylation sites (tertiary alicyclic amines) is 2. The quantitative estimate of drug-likeness (QED) is 0.551. The number of aromatic nitrogens is 1. The summed E-state index contributed by atoms with van der Waals surface area (Å²) in [6, 6.07) is 9.42. The number of amides is 3. The zero-order valence-electron chi connectivity index (χ0n) is 20.3. The lowest BCUT2D eigenvalue weighted by Gasteiger charge is -2.25. The van der Waals surface area contributed by atoms with Gasteiger partial charge in [-0.15, -0.1) is 0 Å². The summed E-state index contributed by atoms with van der Waals surface area (Å²) in [5.41, 5.74) is 0.576. The number of halogens is 2. The third-order valence-electron chi connectivity index (χ3n) is 6.68. The second kappa shape index (κ2) is 11.4. The molecule has 0 radical (unpaired) electrons. The summed E-state index contributed by atoms with van der Waals surface area (Å²) in [7, 11) is 0. The van der Waals surface area contributed by atoms with Crippen molar-refractivity contribution in [2.24, 2.45) is 5.92 Å². The Labute approximate surface area is 212 Å². The Hall–Kier alpha value is -3.89. The van der Waals surface area contributed by atoms with Crippen LogP contribution in [0.15, 0.2) is 48.7 Å². The molecule has 2 saturated heterocycles. The van der Waals surface area contributed by atoms with Gasteiger partial charge in [0.05, 0.1) is 12.6 Å². The van der Waals surface area contributed by atoms with Gasteiger partial charge in [-0.3, -0.25) is 24.2 Å². The Balaban J connectivity index is 1.25. The van der Waals surface area contributed by atoms with Crippen molar-refractivity contribution in [3.8, 4) is 5.75 Å². The number of alkyl halides is 2. The highest BCUT2D eigenvalue weighted by molar-refractivity contribution is 6.01. The fourth-order valence-corrected chi connectivity index (χ4v) is 4.85. The third-order valence-corrected chi connectivity index (χ3v) is 6.68. The number of benzene rings is 1. The van der Waals surface area contributed by atoms with Crippen molar-refractivity contribution in [2.75, 3.05) is 19.6 Å². The van der Waals surface area contributed by atoms with Crippen molar-refractivity contribution in [1.82, 2.24) is 20.1 Å². The van der Waals surface area contributed by atoms with Crippen LogP contribution < -0.4 is 10.1 Å². The van der Waals surface area contributed by atoms with Crippen LogP contribution >= 0.6 is 0 Å². The molecule has 3 heterocycles. The third kappa shape index (κ3) is 6.10. The monoisotopic (exact) mass is 514 g/mol. The molecule has 4 rings (SSSR count). The lowest BCUT2D eigenvalue weighted by molar-refractivity contribution is -0.137. The lowest BCUT2D eigenvalue weighted by atomic mass is 10.0. The number of Topliss-reactive ketones (excluding diaryl/α,β-unsaturated/α-hetero) is 1. The van der Waals surface area contributed by atoms with Gasteiger partial charge in [-0.05, 0) is 55.2 Å². The van der Waals surface area contributed by atoms with Crippen LogP contribution in [0.3, 0.4) is 0 Å². The summed E-state index contributed by atoms with van der Waals surface area (Å²) >= 11 is 0. The Kier molecular flexibility index (Phi) is 8.10. The van der Waals surface area contributed by atoms with Crippen molar-refractivity contribution in [2.45, 2.75) is 44.9 Å². The van der Waals surface area contributed by atoms with E-state index < -0.39 is 12.7 Å². The number of pyridine rings is 1. The Morgan fingerprint density at radius 3 is 2.57 bits per heavy atom. The molecule has 2 aromatic rings. The number of fused-ring (bicyclic) bond motifs is 1. The minimum atomic E-state index is -2.94. The van der Waals surface area contributed by atoms with E-state index in [9.17, 15) is 28.0 Å². The summed E-state index contributed by atoms with van der Waals surface area (Å²) in [6.07, 6.45) is 2.80. The van der Waals surface area contributed by atoms with Gasteiger partial charge in [0.25, 0.3) is 11.8 Å². The minimum Gasteiger partial charge on any atom is -0.435 e. The van der Waals surface area contributed by atoms with Gasteiger partial charge < -0.3 is 19.9 Å².